The summed E-state index contributed by atoms with van der Waals surface area (Å²) < 4.78 is 18.3. The Balaban J connectivity index is 1.44. The first kappa shape index (κ1) is 16.6. The summed E-state index contributed by atoms with van der Waals surface area (Å²) in [6.45, 7) is 5.90. The van der Waals surface area contributed by atoms with E-state index in [0.717, 1.165) is 50.7 Å². The number of hydrogen-bond donors (Lipinski definition) is 1. The smallest absolute Gasteiger partial charge is 0.142 e. The van der Waals surface area contributed by atoms with Gasteiger partial charge in [-0.3, -0.25) is 4.90 Å². The molecule has 0 spiro atoms. The number of hydrogen-bond acceptors (Lipinski definition) is 4. The van der Waals surface area contributed by atoms with Crippen LogP contribution in [0.15, 0.2) is 48.5 Å². The lowest BCUT2D eigenvalue weighted by atomic mass is 10.2. The number of halogens is 1. The van der Waals surface area contributed by atoms with Gasteiger partial charge in [0.15, 0.2) is 0 Å². The van der Waals surface area contributed by atoms with E-state index in [1.807, 2.05) is 12.1 Å². The minimum absolute atomic E-state index is 0.201. The molecule has 0 aliphatic carbocycles. The third-order valence-corrected chi connectivity index (χ3v) is 4.40. The summed E-state index contributed by atoms with van der Waals surface area (Å²) in [6, 6.07) is 14.7. The number of nitrogens with one attached hydrogen (secondary N) is 1. The zero-order chi connectivity index (χ0) is 16.8. The Morgan fingerprint density at radius 2 is 1.71 bits per heavy atom. The van der Waals surface area contributed by atoms with E-state index in [9.17, 15) is 4.39 Å². The van der Waals surface area contributed by atoms with Crippen molar-refractivity contribution in [3.8, 4) is 5.75 Å². The van der Waals surface area contributed by atoms with Gasteiger partial charge in [0.05, 0.1) is 12.8 Å². The number of nitrogens with zero attached hydrogens (tertiary/aromatic N) is 2. The molecule has 1 N–H and O–H groups in total. The van der Waals surface area contributed by atoms with E-state index in [2.05, 4.69) is 27.2 Å². The topological polar surface area (TPSA) is 27.7 Å². The molecule has 24 heavy (non-hydrogen) atoms. The molecule has 2 aromatic carbocycles. The molecule has 0 saturated carbocycles. The van der Waals surface area contributed by atoms with Crippen LogP contribution in [0.1, 0.15) is 0 Å². The van der Waals surface area contributed by atoms with Gasteiger partial charge in [-0.2, -0.15) is 0 Å². The second kappa shape index (κ2) is 8.02. The number of para-hydroxylation sites is 2. The first-order valence-corrected chi connectivity index (χ1v) is 8.36. The molecule has 0 bridgehead atoms. The summed E-state index contributed by atoms with van der Waals surface area (Å²) in [5.41, 5.74) is 2.13. The fourth-order valence-electron chi connectivity index (χ4n) is 3.03. The van der Waals surface area contributed by atoms with Crippen LogP contribution in [-0.2, 0) is 0 Å². The van der Waals surface area contributed by atoms with E-state index < -0.39 is 0 Å². The molecule has 0 atom stereocenters. The van der Waals surface area contributed by atoms with Gasteiger partial charge in [-0.15, -0.1) is 0 Å². The van der Waals surface area contributed by atoms with Gasteiger partial charge in [-0.1, -0.05) is 12.1 Å². The van der Waals surface area contributed by atoms with Crippen LogP contribution in [0.4, 0.5) is 15.8 Å². The molecule has 1 aliphatic rings. The Morgan fingerprint density at radius 3 is 2.42 bits per heavy atom. The summed E-state index contributed by atoms with van der Waals surface area (Å²) in [5, 5.41) is 3.34. The monoisotopic (exact) mass is 329 g/mol. The molecule has 0 radical (unpaired) electrons. The Labute approximate surface area is 142 Å². The zero-order valence-corrected chi connectivity index (χ0v) is 14.0. The fourth-order valence-corrected chi connectivity index (χ4v) is 3.03. The summed E-state index contributed by atoms with van der Waals surface area (Å²) in [6.07, 6.45) is 0. The normalized spacial score (nSPS) is 15.3. The number of ether oxygens (including phenoxy) is 1. The van der Waals surface area contributed by atoms with E-state index in [1.165, 1.54) is 17.8 Å². The summed E-state index contributed by atoms with van der Waals surface area (Å²) in [4.78, 5) is 4.82. The van der Waals surface area contributed by atoms with Gasteiger partial charge in [0.1, 0.15) is 11.6 Å². The molecule has 5 heteroatoms. The Kier molecular flexibility index (Phi) is 5.54. The van der Waals surface area contributed by atoms with Crippen molar-refractivity contribution in [2.24, 2.45) is 0 Å². The first-order valence-electron chi connectivity index (χ1n) is 8.36. The van der Waals surface area contributed by atoms with Gasteiger partial charge in [-0.05, 0) is 36.4 Å². The fraction of sp³-hybridized carbons (Fsp3) is 0.368. The molecule has 0 aromatic heterocycles. The highest BCUT2D eigenvalue weighted by Crippen LogP contribution is 2.28. The predicted molar refractivity (Wildman–Crippen MR) is 96.5 cm³/mol. The summed E-state index contributed by atoms with van der Waals surface area (Å²) in [5.74, 6) is 0.733. The van der Waals surface area contributed by atoms with Crippen LogP contribution in [0, 0.1) is 5.82 Å². The maximum absolute atomic E-state index is 12.9. The molecule has 1 aliphatic heterocycles. The van der Waals surface area contributed by atoms with Crippen molar-refractivity contribution in [2.45, 2.75) is 0 Å². The predicted octanol–water partition coefficient (Wildman–Crippen LogP) is 3.07. The maximum atomic E-state index is 12.9. The lowest BCUT2D eigenvalue weighted by molar-refractivity contribution is 0.266. The van der Waals surface area contributed by atoms with Crippen LogP contribution in [0.25, 0.3) is 0 Å². The number of rotatable bonds is 6. The lowest BCUT2D eigenvalue weighted by Gasteiger charge is -2.36. The quantitative estimate of drug-likeness (QED) is 0.881. The molecular weight excluding hydrogens is 305 g/mol. The maximum Gasteiger partial charge on any atom is 0.142 e. The van der Waals surface area contributed by atoms with Gasteiger partial charge < -0.3 is 15.0 Å². The average molecular weight is 329 g/mol. The number of anilines is 2. The highest BCUT2D eigenvalue weighted by atomic mass is 19.1. The Bertz CT molecular complexity index is 639. The van der Waals surface area contributed by atoms with Crippen LogP contribution in [0.5, 0.6) is 5.75 Å². The van der Waals surface area contributed by atoms with Gasteiger partial charge in [0.2, 0.25) is 0 Å². The van der Waals surface area contributed by atoms with Crippen molar-refractivity contribution in [3.63, 3.8) is 0 Å². The van der Waals surface area contributed by atoms with Crippen LogP contribution in [0.3, 0.4) is 0 Å². The number of methoxy groups -OCH3 is 1. The van der Waals surface area contributed by atoms with Gasteiger partial charge in [0, 0.05) is 45.0 Å². The van der Waals surface area contributed by atoms with Crippen LogP contribution >= 0.6 is 0 Å². The molecule has 3 rings (SSSR count). The number of benzene rings is 2. The van der Waals surface area contributed by atoms with E-state index >= 15 is 0 Å². The molecule has 4 nitrogen and oxygen atoms in total. The molecule has 1 saturated heterocycles. The standard InChI is InChI=1S/C19H24FN3O/c1-24-19-5-3-2-4-18(19)23-14-12-22(13-15-23)11-10-21-17-8-6-16(20)7-9-17/h2-9,21H,10-15H2,1H3. The van der Waals surface area contributed by atoms with E-state index in [-0.39, 0.29) is 5.82 Å². The van der Waals surface area contributed by atoms with E-state index in [0.29, 0.717) is 0 Å². The van der Waals surface area contributed by atoms with Crippen LogP contribution in [-0.4, -0.2) is 51.3 Å². The minimum Gasteiger partial charge on any atom is -0.495 e. The highest BCUT2D eigenvalue weighted by Gasteiger charge is 2.18. The van der Waals surface area contributed by atoms with Gasteiger partial charge in [0.25, 0.3) is 0 Å². The lowest BCUT2D eigenvalue weighted by Crippen LogP contribution is -2.47. The third-order valence-electron chi connectivity index (χ3n) is 4.40. The van der Waals surface area contributed by atoms with Crippen LogP contribution < -0.4 is 15.0 Å². The Hall–Kier alpha value is -2.27. The second-order valence-corrected chi connectivity index (χ2v) is 5.93. The number of piperazine rings is 1. The SMILES string of the molecule is COc1ccccc1N1CCN(CCNc2ccc(F)cc2)CC1. The largest absolute Gasteiger partial charge is 0.495 e. The summed E-state index contributed by atoms with van der Waals surface area (Å²) >= 11 is 0. The second-order valence-electron chi connectivity index (χ2n) is 5.93. The average Bonchev–Trinajstić information content (AvgIpc) is 2.64. The molecule has 1 fully saturated rings. The molecule has 0 unspecified atom stereocenters. The van der Waals surface area contributed by atoms with Crippen molar-refractivity contribution >= 4 is 11.4 Å². The molecule has 0 amide bonds. The van der Waals surface area contributed by atoms with Crippen molar-refractivity contribution in [1.29, 1.82) is 0 Å². The molecule has 128 valence electrons. The molecule has 1 heterocycles. The van der Waals surface area contributed by atoms with Crippen molar-refractivity contribution in [3.05, 3.63) is 54.3 Å². The van der Waals surface area contributed by atoms with Gasteiger partial charge in [-0.25, -0.2) is 4.39 Å². The molecular formula is C19H24FN3O. The van der Waals surface area contributed by atoms with Gasteiger partial charge >= 0.3 is 0 Å². The van der Waals surface area contributed by atoms with Crippen LogP contribution in [0.2, 0.25) is 0 Å². The van der Waals surface area contributed by atoms with Crippen molar-refractivity contribution in [1.82, 2.24) is 4.90 Å². The minimum atomic E-state index is -0.201. The third kappa shape index (κ3) is 4.17. The van der Waals surface area contributed by atoms with Crippen molar-refractivity contribution < 1.29 is 9.13 Å². The molecule has 2 aromatic rings. The van der Waals surface area contributed by atoms with E-state index in [1.54, 1.807) is 19.2 Å². The first-order chi connectivity index (χ1) is 11.8. The Morgan fingerprint density at radius 1 is 1.00 bits per heavy atom. The zero-order valence-electron chi connectivity index (χ0n) is 14.0. The van der Waals surface area contributed by atoms with E-state index in [4.69, 9.17) is 4.74 Å². The highest BCUT2D eigenvalue weighted by molar-refractivity contribution is 5.58. The summed E-state index contributed by atoms with van der Waals surface area (Å²) in [7, 11) is 1.72. The van der Waals surface area contributed by atoms with Crippen molar-refractivity contribution in [2.75, 3.05) is 56.6 Å².